The summed E-state index contributed by atoms with van der Waals surface area (Å²) in [6.45, 7) is 3.45. The molecule has 1 saturated carbocycles. The third-order valence-corrected chi connectivity index (χ3v) is 4.01. The Balaban J connectivity index is 2.82. The smallest absolute Gasteiger partial charge is 0.237 e. The molecule has 3 amide bonds. The van der Waals surface area contributed by atoms with E-state index >= 15 is 0 Å². The van der Waals surface area contributed by atoms with Crippen molar-refractivity contribution in [1.29, 1.82) is 0 Å². The summed E-state index contributed by atoms with van der Waals surface area (Å²) in [6.07, 6.45) is 1.40. The zero-order chi connectivity index (χ0) is 15.4. The Kier molecular flexibility index (Phi) is 5.50. The highest BCUT2D eigenvalue weighted by Gasteiger charge is 2.37. The van der Waals surface area contributed by atoms with Crippen molar-refractivity contribution >= 4 is 17.7 Å². The first-order valence-electron chi connectivity index (χ1n) is 6.83. The van der Waals surface area contributed by atoms with Crippen LogP contribution in [0, 0.1) is 17.8 Å². The molecule has 7 nitrogen and oxygen atoms in total. The quantitative estimate of drug-likeness (QED) is 0.584. The number of nitrogens with two attached hydrogens (primary N) is 3. The normalized spacial score (nSPS) is 29.8. The third-order valence-electron chi connectivity index (χ3n) is 4.01. The third kappa shape index (κ3) is 4.19. The van der Waals surface area contributed by atoms with Gasteiger partial charge < -0.3 is 22.1 Å². The highest BCUT2D eigenvalue weighted by atomic mass is 16.2. The molecule has 0 aromatic carbocycles. The number of carbonyl (C=O) groups is 3. The molecule has 0 aromatic heterocycles. The summed E-state index contributed by atoms with van der Waals surface area (Å²) in [4.78, 5) is 35.7. The second kappa shape index (κ2) is 6.69. The predicted molar refractivity (Wildman–Crippen MR) is 74.0 cm³/mol. The molecule has 0 radical (unpaired) electrons. The average Bonchev–Trinajstić information content (AvgIpc) is 2.31. The first-order valence-corrected chi connectivity index (χ1v) is 6.83. The van der Waals surface area contributed by atoms with Crippen molar-refractivity contribution in [3.63, 3.8) is 0 Å². The first kappa shape index (κ1) is 16.4. The van der Waals surface area contributed by atoms with Crippen LogP contribution in [0.3, 0.4) is 0 Å². The molecule has 0 aliphatic heterocycles. The van der Waals surface area contributed by atoms with Crippen molar-refractivity contribution in [1.82, 2.24) is 4.90 Å². The summed E-state index contributed by atoms with van der Waals surface area (Å²) >= 11 is 0. The Morgan fingerprint density at radius 3 is 1.95 bits per heavy atom. The van der Waals surface area contributed by atoms with E-state index in [0.29, 0.717) is 12.3 Å². The molecule has 0 saturated heterocycles. The van der Waals surface area contributed by atoms with Gasteiger partial charge >= 0.3 is 0 Å². The van der Waals surface area contributed by atoms with Crippen LogP contribution in [0.25, 0.3) is 0 Å². The average molecular weight is 284 g/mol. The number of hydrogen-bond donors (Lipinski definition) is 3. The monoisotopic (exact) mass is 284 g/mol. The van der Waals surface area contributed by atoms with Crippen molar-refractivity contribution < 1.29 is 14.4 Å². The molecule has 0 aromatic rings. The van der Waals surface area contributed by atoms with Crippen molar-refractivity contribution in [2.24, 2.45) is 35.0 Å². The summed E-state index contributed by atoms with van der Waals surface area (Å²) < 4.78 is 0. The van der Waals surface area contributed by atoms with Gasteiger partial charge in [0.15, 0.2) is 0 Å². The molecule has 7 heteroatoms. The molecule has 0 spiro atoms. The van der Waals surface area contributed by atoms with Gasteiger partial charge in [-0.3, -0.25) is 14.4 Å². The molecule has 0 bridgehead atoms. The Morgan fingerprint density at radius 2 is 1.50 bits per heavy atom. The minimum Gasteiger partial charge on any atom is -0.368 e. The van der Waals surface area contributed by atoms with Gasteiger partial charge in [0.05, 0.1) is 13.1 Å². The standard InChI is InChI=1S/C13H24N4O3/c1-7-3-8(2)10(14)4-9(7)13(20)17(5-11(15)18)6-12(16)19/h7-10H,3-6,14H2,1-2H3,(H2,15,18)(H2,16,19). The van der Waals surface area contributed by atoms with Crippen molar-refractivity contribution in [3.8, 4) is 0 Å². The van der Waals surface area contributed by atoms with Crippen LogP contribution in [0.4, 0.5) is 0 Å². The number of primary amides is 2. The molecule has 114 valence electrons. The number of rotatable bonds is 5. The number of nitrogens with zero attached hydrogens (tertiary/aromatic N) is 1. The number of hydrogen-bond acceptors (Lipinski definition) is 4. The first-order chi connectivity index (χ1) is 9.22. The maximum Gasteiger partial charge on any atom is 0.237 e. The summed E-state index contributed by atoms with van der Waals surface area (Å²) in [5.74, 6) is -1.38. The fourth-order valence-electron chi connectivity index (χ4n) is 2.85. The van der Waals surface area contributed by atoms with E-state index in [4.69, 9.17) is 17.2 Å². The van der Waals surface area contributed by atoms with E-state index in [2.05, 4.69) is 6.92 Å². The van der Waals surface area contributed by atoms with Crippen LogP contribution in [0.15, 0.2) is 0 Å². The van der Waals surface area contributed by atoms with Gasteiger partial charge in [-0.2, -0.15) is 0 Å². The lowest BCUT2D eigenvalue weighted by Crippen LogP contribution is -2.50. The SMILES string of the molecule is CC1CC(C)C(C(=O)N(CC(N)=O)CC(N)=O)CC1N. The fraction of sp³-hybridized carbons (Fsp3) is 0.769. The van der Waals surface area contributed by atoms with Crippen LogP contribution >= 0.6 is 0 Å². The Morgan fingerprint density at radius 1 is 1.00 bits per heavy atom. The van der Waals surface area contributed by atoms with Gasteiger partial charge in [-0.1, -0.05) is 13.8 Å². The van der Waals surface area contributed by atoms with Crippen LogP contribution in [0.1, 0.15) is 26.7 Å². The minimum atomic E-state index is -0.666. The van der Waals surface area contributed by atoms with E-state index in [1.54, 1.807) is 0 Å². The maximum atomic E-state index is 12.5. The zero-order valence-corrected chi connectivity index (χ0v) is 12.0. The molecule has 4 atom stereocenters. The topological polar surface area (TPSA) is 133 Å². The van der Waals surface area contributed by atoms with Gasteiger partial charge in [0.25, 0.3) is 0 Å². The Bertz CT molecular complexity index is 383. The lowest BCUT2D eigenvalue weighted by atomic mass is 9.72. The van der Waals surface area contributed by atoms with E-state index in [0.717, 1.165) is 11.3 Å². The second-order valence-corrected chi connectivity index (χ2v) is 5.82. The van der Waals surface area contributed by atoms with Crippen LogP contribution in [-0.2, 0) is 14.4 Å². The van der Waals surface area contributed by atoms with Gasteiger partial charge in [-0.05, 0) is 24.7 Å². The van der Waals surface area contributed by atoms with Gasteiger partial charge in [0, 0.05) is 12.0 Å². The molecule has 1 fully saturated rings. The highest BCUT2D eigenvalue weighted by Crippen LogP contribution is 2.33. The highest BCUT2D eigenvalue weighted by molar-refractivity contribution is 5.89. The number of carbonyl (C=O) groups excluding carboxylic acids is 3. The molecule has 1 aliphatic rings. The molecule has 0 heterocycles. The Hall–Kier alpha value is -1.63. The van der Waals surface area contributed by atoms with Crippen molar-refractivity contribution in [3.05, 3.63) is 0 Å². The lowest BCUT2D eigenvalue weighted by molar-refractivity contribution is -0.144. The summed E-state index contributed by atoms with van der Waals surface area (Å²) in [6, 6.07) is -0.0517. The van der Waals surface area contributed by atoms with E-state index in [1.165, 1.54) is 0 Å². The zero-order valence-electron chi connectivity index (χ0n) is 12.0. The largest absolute Gasteiger partial charge is 0.368 e. The Labute approximate surface area is 118 Å². The van der Waals surface area contributed by atoms with Gasteiger partial charge in [0.2, 0.25) is 17.7 Å². The molecular weight excluding hydrogens is 260 g/mol. The molecule has 6 N–H and O–H groups in total. The predicted octanol–water partition coefficient (Wildman–Crippen LogP) is -1.20. The molecular formula is C13H24N4O3. The minimum absolute atomic E-state index is 0.0517. The van der Waals surface area contributed by atoms with Crippen molar-refractivity contribution in [2.75, 3.05) is 13.1 Å². The van der Waals surface area contributed by atoms with Crippen LogP contribution in [-0.4, -0.2) is 41.8 Å². The molecule has 4 unspecified atom stereocenters. The lowest BCUT2D eigenvalue weighted by Gasteiger charge is -2.38. The van der Waals surface area contributed by atoms with E-state index < -0.39 is 11.8 Å². The van der Waals surface area contributed by atoms with Crippen LogP contribution < -0.4 is 17.2 Å². The second-order valence-electron chi connectivity index (χ2n) is 5.82. The summed E-state index contributed by atoms with van der Waals surface area (Å²) in [5.41, 5.74) is 16.2. The molecule has 1 aliphatic carbocycles. The van der Waals surface area contributed by atoms with Crippen LogP contribution in [0.2, 0.25) is 0 Å². The molecule has 20 heavy (non-hydrogen) atoms. The number of amides is 3. The molecule has 1 rings (SSSR count). The summed E-state index contributed by atoms with van der Waals surface area (Å²) in [5, 5.41) is 0. The summed E-state index contributed by atoms with van der Waals surface area (Å²) in [7, 11) is 0. The maximum absolute atomic E-state index is 12.5. The van der Waals surface area contributed by atoms with Gasteiger partial charge in [-0.15, -0.1) is 0 Å². The van der Waals surface area contributed by atoms with E-state index in [9.17, 15) is 14.4 Å². The van der Waals surface area contributed by atoms with E-state index in [1.807, 2.05) is 6.92 Å². The van der Waals surface area contributed by atoms with Crippen molar-refractivity contribution in [2.45, 2.75) is 32.7 Å². The van der Waals surface area contributed by atoms with E-state index in [-0.39, 0.29) is 36.9 Å². The fourth-order valence-corrected chi connectivity index (χ4v) is 2.85. The van der Waals surface area contributed by atoms with Gasteiger partial charge in [-0.25, -0.2) is 0 Å². The van der Waals surface area contributed by atoms with Gasteiger partial charge in [0.1, 0.15) is 0 Å². The van der Waals surface area contributed by atoms with Crippen LogP contribution in [0.5, 0.6) is 0 Å².